The van der Waals surface area contributed by atoms with Crippen molar-refractivity contribution in [3.05, 3.63) is 35.4 Å². The molecular formula is C17H24BrNO2. The monoisotopic (exact) mass is 353 g/mol. The molecule has 0 atom stereocenters. The quantitative estimate of drug-likeness (QED) is 0.721. The van der Waals surface area contributed by atoms with E-state index in [0.717, 1.165) is 31.3 Å². The third kappa shape index (κ3) is 4.73. The fourth-order valence-corrected chi connectivity index (χ4v) is 2.97. The number of rotatable bonds is 2. The highest BCUT2D eigenvalue weighted by Gasteiger charge is 2.27. The van der Waals surface area contributed by atoms with Gasteiger partial charge in [0, 0.05) is 18.4 Å². The van der Waals surface area contributed by atoms with E-state index in [2.05, 4.69) is 40.2 Å². The number of alkyl halides is 1. The van der Waals surface area contributed by atoms with Crippen LogP contribution in [0, 0.1) is 0 Å². The second-order valence-electron chi connectivity index (χ2n) is 6.62. The molecule has 21 heavy (non-hydrogen) atoms. The lowest BCUT2D eigenvalue weighted by atomic mass is 9.89. The van der Waals surface area contributed by atoms with Crippen LogP contribution in [0.4, 0.5) is 4.79 Å². The zero-order chi connectivity index (χ0) is 15.5. The first-order valence-electron chi connectivity index (χ1n) is 7.52. The Bertz CT molecular complexity index is 471. The van der Waals surface area contributed by atoms with Crippen LogP contribution in [0.5, 0.6) is 0 Å². The summed E-state index contributed by atoms with van der Waals surface area (Å²) in [4.78, 5) is 13.9. The molecule has 0 bridgehead atoms. The number of amides is 1. The van der Waals surface area contributed by atoms with Crippen molar-refractivity contribution in [2.75, 3.05) is 13.1 Å². The van der Waals surface area contributed by atoms with Gasteiger partial charge < -0.3 is 9.64 Å². The number of benzene rings is 1. The number of likely N-dealkylation sites (tertiary alicyclic amines) is 1. The first-order chi connectivity index (χ1) is 9.89. The Kier molecular flexibility index (Phi) is 5.31. The summed E-state index contributed by atoms with van der Waals surface area (Å²) in [6, 6.07) is 8.77. The zero-order valence-electron chi connectivity index (χ0n) is 13.1. The molecule has 1 aliphatic heterocycles. The number of piperidine rings is 1. The van der Waals surface area contributed by atoms with Gasteiger partial charge in [-0.3, -0.25) is 0 Å². The van der Waals surface area contributed by atoms with E-state index >= 15 is 0 Å². The average Bonchev–Trinajstić information content (AvgIpc) is 2.46. The molecule has 116 valence electrons. The van der Waals surface area contributed by atoms with Gasteiger partial charge in [-0.25, -0.2) is 4.79 Å². The maximum atomic E-state index is 12.0. The summed E-state index contributed by atoms with van der Waals surface area (Å²) < 4.78 is 5.43. The largest absolute Gasteiger partial charge is 0.444 e. The topological polar surface area (TPSA) is 29.5 Å². The minimum atomic E-state index is -0.417. The number of carbonyl (C=O) groups is 1. The van der Waals surface area contributed by atoms with E-state index in [-0.39, 0.29) is 6.09 Å². The summed E-state index contributed by atoms with van der Waals surface area (Å²) in [5.41, 5.74) is 2.26. The third-order valence-electron chi connectivity index (χ3n) is 3.75. The lowest BCUT2D eigenvalue weighted by molar-refractivity contribution is 0.0205. The summed E-state index contributed by atoms with van der Waals surface area (Å²) in [5, 5.41) is 0.893. The molecule has 0 saturated carbocycles. The maximum Gasteiger partial charge on any atom is 0.410 e. The number of hydrogen-bond acceptors (Lipinski definition) is 2. The summed E-state index contributed by atoms with van der Waals surface area (Å²) in [7, 11) is 0. The highest BCUT2D eigenvalue weighted by molar-refractivity contribution is 9.08. The first kappa shape index (κ1) is 16.3. The van der Waals surface area contributed by atoms with Crippen LogP contribution in [0.2, 0.25) is 0 Å². The first-order valence-corrected chi connectivity index (χ1v) is 8.64. The highest BCUT2D eigenvalue weighted by atomic mass is 79.9. The van der Waals surface area contributed by atoms with Crippen LogP contribution in [-0.4, -0.2) is 29.7 Å². The maximum absolute atomic E-state index is 12.0. The predicted molar refractivity (Wildman–Crippen MR) is 88.9 cm³/mol. The van der Waals surface area contributed by atoms with Gasteiger partial charge in [0.1, 0.15) is 5.60 Å². The van der Waals surface area contributed by atoms with Crippen molar-refractivity contribution in [3.63, 3.8) is 0 Å². The fourth-order valence-electron chi connectivity index (χ4n) is 2.60. The van der Waals surface area contributed by atoms with Crippen LogP contribution in [-0.2, 0) is 10.1 Å². The van der Waals surface area contributed by atoms with Gasteiger partial charge in [0.25, 0.3) is 0 Å². The normalized spacial score (nSPS) is 16.9. The molecule has 0 radical (unpaired) electrons. The van der Waals surface area contributed by atoms with Crippen LogP contribution < -0.4 is 0 Å². The number of carbonyl (C=O) groups excluding carboxylic acids is 1. The Hall–Kier alpha value is -1.03. The Labute approximate surface area is 135 Å². The summed E-state index contributed by atoms with van der Waals surface area (Å²) >= 11 is 3.47. The van der Waals surface area contributed by atoms with E-state index < -0.39 is 5.60 Å². The van der Waals surface area contributed by atoms with E-state index in [1.54, 1.807) is 0 Å². The molecule has 3 nitrogen and oxygen atoms in total. The highest BCUT2D eigenvalue weighted by Crippen LogP contribution is 2.29. The van der Waals surface area contributed by atoms with Gasteiger partial charge >= 0.3 is 6.09 Å². The van der Waals surface area contributed by atoms with Crippen LogP contribution in [0.25, 0.3) is 0 Å². The average molecular weight is 354 g/mol. The molecular weight excluding hydrogens is 330 g/mol. The van der Waals surface area contributed by atoms with Crippen LogP contribution >= 0.6 is 15.9 Å². The molecule has 1 fully saturated rings. The number of nitrogens with zero attached hydrogens (tertiary/aromatic N) is 1. The summed E-state index contributed by atoms with van der Waals surface area (Å²) in [6.07, 6.45) is 1.83. The van der Waals surface area contributed by atoms with Gasteiger partial charge in [-0.15, -0.1) is 0 Å². The number of halogens is 1. The van der Waals surface area contributed by atoms with Gasteiger partial charge in [-0.05, 0) is 50.7 Å². The Balaban J connectivity index is 1.89. The molecule has 1 amide bonds. The molecule has 2 rings (SSSR count). The van der Waals surface area contributed by atoms with Crippen LogP contribution in [0.1, 0.15) is 50.7 Å². The summed E-state index contributed by atoms with van der Waals surface area (Å²) in [6.45, 7) is 7.27. The minimum Gasteiger partial charge on any atom is -0.444 e. The van der Waals surface area contributed by atoms with Gasteiger partial charge in [0.05, 0.1) is 0 Å². The van der Waals surface area contributed by atoms with E-state index in [1.807, 2.05) is 25.7 Å². The van der Waals surface area contributed by atoms with Crippen molar-refractivity contribution in [1.82, 2.24) is 4.90 Å². The van der Waals surface area contributed by atoms with E-state index in [4.69, 9.17) is 4.74 Å². The predicted octanol–water partition coefficient (Wildman–Crippen LogP) is 4.70. The van der Waals surface area contributed by atoms with Crippen LogP contribution in [0.3, 0.4) is 0 Å². The summed E-state index contributed by atoms with van der Waals surface area (Å²) in [5.74, 6) is 0.549. The van der Waals surface area contributed by atoms with E-state index in [0.29, 0.717) is 5.92 Å². The smallest absolute Gasteiger partial charge is 0.410 e. The molecule has 0 unspecified atom stereocenters. The lowest BCUT2D eigenvalue weighted by Crippen LogP contribution is -2.41. The Morgan fingerprint density at radius 3 is 2.29 bits per heavy atom. The molecule has 4 heteroatoms. The SMILES string of the molecule is CC(C)(C)OC(=O)N1CCC(c2ccc(CBr)cc2)CC1. The molecule has 0 aromatic heterocycles. The number of ether oxygens (including phenoxy) is 1. The van der Waals surface area contributed by atoms with Gasteiger partial charge in [-0.2, -0.15) is 0 Å². The second-order valence-corrected chi connectivity index (χ2v) is 7.18. The van der Waals surface area contributed by atoms with Crippen molar-refractivity contribution >= 4 is 22.0 Å². The van der Waals surface area contributed by atoms with E-state index in [1.165, 1.54) is 11.1 Å². The van der Waals surface area contributed by atoms with Gasteiger partial charge in [-0.1, -0.05) is 40.2 Å². The Morgan fingerprint density at radius 2 is 1.81 bits per heavy atom. The lowest BCUT2D eigenvalue weighted by Gasteiger charge is -2.33. The van der Waals surface area contributed by atoms with E-state index in [9.17, 15) is 4.79 Å². The molecule has 0 N–H and O–H groups in total. The molecule has 1 aromatic rings. The Morgan fingerprint density at radius 1 is 1.24 bits per heavy atom. The molecule has 1 aromatic carbocycles. The molecule has 0 spiro atoms. The van der Waals surface area contributed by atoms with Crippen molar-refractivity contribution in [1.29, 1.82) is 0 Å². The second kappa shape index (κ2) is 6.82. The molecule has 1 saturated heterocycles. The van der Waals surface area contributed by atoms with Crippen LogP contribution in [0.15, 0.2) is 24.3 Å². The van der Waals surface area contributed by atoms with Crippen molar-refractivity contribution in [2.24, 2.45) is 0 Å². The molecule has 1 heterocycles. The number of hydrogen-bond donors (Lipinski definition) is 0. The van der Waals surface area contributed by atoms with Crippen molar-refractivity contribution in [2.45, 2.75) is 50.5 Å². The van der Waals surface area contributed by atoms with Crippen molar-refractivity contribution < 1.29 is 9.53 Å². The standard InChI is InChI=1S/C17H24BrNO2/c1-17(2,3)21-16(20)19-10-8-15(9-11-19)14-6-4-13(12-18)5-7-14/h4-7,15H,8-12H2,1-3H3. The van der Waals surface area contributed by atoms with Gasteiger partial charge in [0.2, 0.25) is 0 Å². The minimum absolute atomic E-state index is 0.185. The third-order valence-corrected chi connectivity index (χ3v) is 4.40. The zero-order valence-corrected chi connectivity index (χ0v) is 14.6. The molecule has 1 aliphatic rings. The fraction of sp³-hybridized carbons (Fsp3) is 0.588. The molecule has 0 aliphatic carbocycles. The van der Waals surface area contributed by atoms with Gasteiger partial charge in [0.15, 0.2) is 0 Å². The van der Waals surface area contributed by atoms with Crippen molar-refractivity contribution in [3.8, 4) is 0 Å².